The van der Waals surface area contributed by atoms with Crippen LogP contribution in [0.2, 0.25) is 0 Å². The molecule has 0 fully saturated rings. The van der Waals surface area contributed by atoms with Crippen LogP contribution in [-0.4, -0.2) is 4.98 Å². The summed E-state index contributed by atoms with van der Waals surface area (Å²) in [6.07, 6.45) is 1.69. The molecule has 3 heteroatoms. The second-order valence-electron chi connectivity index (χ2n) is 3.91. The molecule has 0 aliphatic carbocycles. The van der Waals surface area contributed by atoms with Crippen molar-refractivity contribution in [1.82, 2.24) is 4.98 Å². The van der Waals surface area contributed by atoms with Gasteiger partial charge in [-0.25, -0.2) is 4.98 Å². The Morgan fingerprint density at radius 2 is 1.92 bits per heavy atom. The maximum Gasteiger partial charge on any atom is 0.212 e. The largest absolute Gasteiger partial charge is 0.447 e. The van der Waals surface area contributed by atoms with Gasteiger partial charge in [-0.05, 0) is 11.8 Å². The van der Waals surface area contributed by atoms with E-state index in [4.69, 9.17) is 16.0 Å². The fourth-order valence-corrected chi connectivity index (χ4v) is 1.08. The fourth-order valence-electron chi connectivity index (χ4n) is 0.978. The van der Waals surface area contributed by atoms with Gasteiger partial charge in [0.05, 0.1) is 5.69 Å². The van der Waals surface area contributed by atoms with Crippen molar-refractivity contribution < 1.29 is 4.42 Å². The number of alkyl halides is 1. The predicted molar refractivity (Wildman–Crippen MR) is 54.0 cm³/mol. The molecule has 0 amide bonds. The van der Waals surface area contributed by atoms with E-state index in [0.717, 1.165) is 5.69 Å². The maximum atomic E-state index is 6.10. The van der Waals surface area contributed by atoms with E-state index in [1.54, 1.807) is 6.26 Å². The highest BCUT2D eigenvalue weighted by Crippen LogP contribution is 2.28. The van der Waals surface area contributed by atoms with Crippen molar-refractivity contribution in [1.29, 1.82) is 0 Å². The number of aromatic nitrogens is 1. The van der Waals surface area contributed by atoms with Crippen LogP contribution in [0.5, 0.6) is 0 Å². The zero-order chi connectivity index (χ0) is 10.0. The van der Waals surface area contributed by atoms with Crippen molar-refractivity contribution in [2.24, 2.45) is 5.92 Å². The Hall–Kier alpha value is -0.500. The lowest BCUT2D eigenvalue weighted by Gasteiger charge is -2.07. The summed E-state index contributed by atoms with van der Waals surface area (Å²) < 4.78 is 5.31. The molecule has 1 aromatic heterocycles. The van der Waals surface area contributed by atoms with Crippen LogP contribution in [-0.2, 0) is 0 Å². The number of hydrogen-bond donors (Lipinski definition) is 0. The molecule has 13 heavy (non-hydrogen) atoms. The standard InChI is InChI=1S/C10H16ClNO/c1-6(2)8-5-13-10(12-8)9(11)7(3)4/h5-7,9H,1-4H3/t9-/m0/s1. The Bertz CT molecular complexity index is 268. The van der Waals surface area contributed by atoms with E-state index in [1.807, 2.05) is 0 Å². The third kappa shape index (κ3) is 2.47. The lowest BCUT2D eigenvalue weighted by atomic mass is 10.1. The molecule has 0 radical (unpaired) electrons. The molecule has 0 aliphatic heterocycles. The molecule has 0 aliphatic rings. The number of hydrogen-bond acceptors (Lipinski definition) is 2. The highest BCUT2D eigenvalue weighted by atomic mass is 35.5. The molecule has 2 nitrogen and oxygen atoms in total. The van der Waals surface area contributed by atoms with Crippen LogP contribution < -0.4 is 0 Å². The van der Waals surface area contributed by atoms with Crippen molar-refractivity contribution in [3.8, 4) is 0 Å². The average molecular weight is 202 g/mol. The van der Waals surface area contributed by atoms with Crippen LogP contribution in [0.1, 0.15) is 50.6 Å². The lowest BCUT2D eigenvalue weighted by Crippen LogP contribution is -2.00. The molecule has 74 valence electrons. The molecule has 1 atom stereocenters. The number of rotatable bonds is 3. The smallest absolute Gasteiger partial charge is 0.212 e. The molecule has 1 rings (SSSR count). The summed E-state index contributed by atoms with van der Waals surface area (Å²) in [6.45, 7) is 8.27. The first-order valence-corrected chi connectivity index (χ1v) is 5.05. The molecule has 0 aromatic carbocycles. The van der Waals surface area contributed by atoms with Gasteiger partial charge < -0.3 is 4.42 Å². The minimum Gasteiger partial charge on any atom is -0.447 e. The molecular formula is C10H16ClNO. The Morgan fingerprint density at radius 3 is 2.31 bits per heavy atom. The van der Waals surface area contributed by atoms with Gasteiger partial charge in [0.15, 0.2) is 0 Å². The van der Waals surface area contributed by atoms with Gasteiger partial charge in [-0.15, -0.1) is 11.6 Å². The van der Waals surface area contributed by atoms with E-state index in [1.165, 1.54) is 0 Å². The van der Waals surface area contributed by atoms with Gasteiger partial charge in [-0.1, -0.05) is 27.7 Å². The van der Waals surface area contributed by atoms with Gasteiger partial charge >= 0.3 is 0 Å². The van der Waals surface area contributed by atoms with E-state index in [2.05, 4.69) is 32.7 Å². The van der Waals surface area contributed by atoms with Crippen molar-refractivity contribution in [2.75, 3.05) is 0 Å². The van der Waals surface area contributed by atoms with Crippen molar-refractivity contribution in [2.45, 2.75) is 39.0 Å². The monoisotopic (exact) mass is 201 g/mol. The van der Waals surface area contributed by atoms with E-state index < -0.39 is 0 Å². The van der Waals surface area contributed by atoms with Crippen LogP contribution in [0.15, 0.2) is 10.7 Å². The Balaban J connectivity index is 2.79. The predicted octanol–water partition coefficient (Wildman–Crippen LogP) is 3.73. The molecule has 0 bridgehead atoms. The molecule has 0 saturated carbocycles. The summed E-state index contributed by atoms with van der Waals surface area (Å²) in [6, 6.07) is 0. The normalized spacial score (nSPS) is 14.1. The van der Waals surface area contributed by atoms with Crippen LogP contribution in [0, 0.1) is 5.92 Å². The van der Waals surface area contributed by atoms with Gasteiger partial charge in [-0.2, -0.15) is 0 Å². The first kappa shape index (κ1) is 10.6. The number of nitrogens with zero attached hydrogens (tertiary/aromatic N) is 1. The third-order valence-corrected chi connectivity index (χ3v) is 2.64. The van der Waals surface area contributed by atoms with Gasteiger partial charge in [0.2, 0.25) is 5.89 Å². The van der Waals surface area contributed by atoms with Gasteiger partial charge in [0, 0.05) is 0 Å². The molecule has 0 saturated heterocycles. The Labute approximate surface area is 84.3 Å². The van der Waals surface area contributed by atoms with Crippen LogP contribution in [0.25, 0.3) is 0 Å². The number of oxazole rings is 1. The second-order valence-corrected chi connectivity index (χ2v) is 4.38. The SMILES string of the molecule is CC(C)c1coc([C@@H](Cl)C(C)C)n1. The van der Waals surface area contributed by atoms with Crippen molar-refractivity contribution in [3.05, 3.63) is 17.8 Å². The Kier molecular flexibility index (Phi) is 3.37. The minimum absolute atomic E-state index is 0.118. The zero-order valence-electron chi connectivity index (χ0n) is 8.54. The average Bonchev–Trinajstić information content (AvgIpc) is 2.50. The third-order valence-electron chi connectivity index (χ3n) is 1.95. The quantitative estimate of drug-likeness (QED) is 0.697. The lowest BCUT2D eigenvalue weighted by molar-refractivity contribution is 0.446. The summed E-state index contributed by atoms with van der Waals surface area (Å²) in [4.78, 5) is 4.33. The fraction of sp³-hybridized carbons (Fsp3) is 0.700. The summed E-state index contributed by atoms with van der Waals surface area (Å²) in [5.41, 5.74) is 0.973. The maximum absolute atomic E-state index is 6.10. The summed E-state index contributed by atoms with van der Waals surface area (Å²) in [5, 5.41) is -0.118. The Morgan fingerprint density at radius 1 is 1.31 bits per heavy atom. The molecule has 1 heterocycles. The minimum atomic E-state index is -0.118. The molecule has 1 aromatic rings. The van der Waals surface area contributed by atoms with Gasteiger partial charge in [0.25, 0.3) is 0 Å². The van der Waals surface area contributed by atoms with Crippen LogP contribution in [0.3, 0.4) is 0 Å². The highest BCUT2D eigenvalue weighted by Gasteiger charge is 2.18. The molecule has 0 N–H and O–H groups in total. The van der Waals surface area contributed by atoms with Gasteiger partial charge in [0.1, 0.15) is 11.6 Å². The van der Waals surface area contributed by atoms with Crippen molar-refractivity contribution >= 4 is 11.6 Å². The summed E-state index contributed by atoms with van der Waals surface area (Å²) in [7, 11) is 0. The first-order chi connectivity index (χ1) is 6.02. The van der Waals surface area contributed by atoms with E-state index >= 15 is 0 Å². The topological polar surface area (TPSA) is 26.0 Å². The molecule has 0 spiro atoms. The van der Waals surface area contributed by atoms with E-state index in [9.17, 15) is 0 Å². The first-order valence-electron chi connectivity index (χ1n) is 4.61. The van der Waals surface area contributed by atoms with E-state index in [-0.39, 0.29) is 5.38 Å². The second kappa shape index (κ2) is 4.14. The van der Waals surface area contributed by atoms with Crippen LogP contribution in [0.4, 0.5) is 0 Å². The molecule has 0 unspecified atom stereocenters. The van der Waals surface area contributed by atoms with E-state index in [0.29, 0.717) is 17.7 Å². The number of halogens is 1. The zero-order valence-corrected chi connectivity index (χ0v) is 9.30. The summed E-state index contributed by atoms with van der Waals surface area (Å²) >= 11 is 6.10. The van der Waals surface area contributed by atoms with Crippen molar-refractivity contribution in [3.63, 3.8) is 0 Å². The molecular weight excluding hydrogens is 186 g/mol. The highest BCUT2D eigenvalue weighted by molar-refractivity contribution is 6.20. The van der Waals surface area contributed by atoms with Gasteiger partial charge in [-0.3, -0.25) is 0 Å². The van der Waals surface area contributed by atoms with Crippen LogP contribution >= 0.6 is 11.6 Å². The summed E-state index contributed by atoms with van der Waals surface area (Å²) in [5.74, 6) is 1.38.